The van der Waals surface area contributed by atoms with Gasteiger partial charge in [-0.3, -0.25) is 24.1 Å². The summed E-state index contributed by atoms with van der Waals surface area (Å²) in [4.78, 5) is 110. The number of hydrogen-bond donors (Lipinski definition) is 4. The van der Waals surface area contributed by atoms with Crippen LogP contribution in [0.15, 0.2) is 34.3 Å². The van der Waals surface area contributed by atoms with Gasteiger partial charge in [0.1, 0.15) is 23.7 Å². The van der Waals surface area contributed by atoms with E-state index < -0.39 is 110 Å². The summed E-state index contributed by atoms with van der Waals surface area (Å²) in [6.07, 6.45) is -0.185. The van der Waals surface area contributed by atoms with Crippen LogP contribution in [0.2, 0.25) is 0 Å². The van der Waals surface area contributed by atoms with Gasteiger partial charge in [-0.25, -0.2) is 27.5 Å². The third-order valence-electron chi connectivity index (χ3n) is 10.7. The van der Waals surface area contributed by atoms with Crippen molar-refractivity contribution in [3.63, 3.8) is 0 Å². The normalized spacial score (nSPS) is 22.9. The second-order valence-corrected chi connectivity index (χ2v) is 16.0. The molecule has 0 saturated carbocycles. The number of benzene rings is 1. The average molecular weight is 854 g/mol. The van der Waals surface area contributed by atoms with Crippen molar-refractivity contribution in [1.29, 1.82) is 0 Å². The number of carboxylic acids is 1. The predicted octanol–water partition coefficient (Wildman–Crippen LogP) is 1.48. The highest BCUT2D eigenvalue weighted by Crippen LogP contribution is 2.46. The summed E-state index contributed by atoms with van der Waals surface area (Å²) in [7, 11) is -3.38. The highest BCUT2D eigenvalue weighted by atomic mass is 31.2. The van der Waals surface area contributed by atoms with Crippen molar-refractivity contribution < 1.29 is 71.0 Å². The zero-order chi connectivity index (χ0) is 43.0. The van der Waals surface area contributed by atoms with Crippen LogP contribution in [0.3, 0.4) is 0 Å². The molecule has 0 unspecified atom stereocenters. The molecule has 2 saturated heterocycles. The molecule has 4 atom stereocenters. The highest BCUT2D eigenvalue weighted by Gasteiger charge is 2.54. The number of amides is 4. The number of nitrogens with zero attached hydrogens (tertiary/aromatic N) is 6. The van der Waals surface area contributed by atoms with Crippen LogP contribution in [0.4, 0.5) is 18.4 Å². The Bertz CT molecular complexity index is 2180. The molecule has 1 spiro atoms. The van der Waals surface area contributed by atoms with E-state index in [9.17, 15) is 47.2 Å². The van der Waals surface area contributed by atoms with E-state index in [1.165, 1.54) is 9.47 Å². The molecule has 4 aliphatic rings. The SMILES string of the molecule is CC1=NO[C@@]2(CC[C@H](C)N3C[C@H]2n2cc(C(=O)NCc4ccc(F)cc4F)c(=O)c(OC(=O)N4CCN(C)C[C@@H]4CN(CC(=O)O)C(=O)OCOP(=O)(O)O)c2C3=O)C1. The van der Waals surface area contributed by atoms with Crippen molar-refractivity contribution in [3.05, 3.63) is 63.1 Å². The molecule has 0 radical (unpaired) electrons. The first-order valence-corrected chi connectivity index (χ1v) is 19.8. The first kappa shape index (κ1) is 43.1. The fourth-order valence-electron chi connectivity index (χ4n) is 7.71. The van der Waals surface area contributed by atoms with Gasteiger partial charge in [0.15, 0.2) is 11.3 Å². The van der Waals surface area contributed by atoms with E-state index in [0.29, 0.717) is 35.9 Å². The van der Waals surface area contributed by atoms with Crippen LogP contribution in [-0.4, -0.2) is 146 Å². The number of rotatable bonds is 11. The van der Waals surface area contributed by atoms with E-state index in [-0.39, 0.29) is 43.5 Å². The average Bonchev–Trinajstić information content (AvgIpc) is 3.48. The van der Waals surface area contributed by atoms with E-state index in [1.807, 2.05) is 6.92 Å². The first-order chi connectivity index (χ1) is 27.8. The molecule has 4 aliphatic heterocycles. The fraction of sp³-hybridized carbons (Fsp3) is 0.514. The Morgan fingerprint density at radius 2 is 1.90 bits per heavy atom. The van der Waals surface area contributed by atoms with Crippen LogP contribution < -0.4 is 15.5 Å². The van der Waals surface area contributed by atoms with Gasteiger partial charge in [-0.2, -0.15) is 0 Å². The van der Waals surface area contributed by atoms with Crippen molar-refractivity contribution in [2.24, 2.45) is 5.16 Å². The number of hydrogen-bond acceptors (Lipinski definition) is 13. The first-order valence-electron chi connectivity index (χ1n) is 18.3. The lowest BCUT2D eigenvalue weighted by Crippen LogP contribution is -2.59. The van der Waals surface area contributed by atoms with Crippen molar-refractivity contribution in [2.75, 3.05) is 53.1 Å². The molecule has 320 valence electrons. The van der Waals surface area contributed by atoms with Gasteiger partial charge in [-0.05, 0) is 39.8 Å². The van der Waals surface area contributed by atoms with Crippen LogP contribution in [0.5, 0.6) is 5.75 Å². The number of phosphoric ester groups is 1. The lowest BCUT2D eigenvalue weighted by molar-refractivity contribution is -0.138. The smallest absolute Gasteiger partial charge is 0.472 e. The number of aliphatic carboxylic acids is 1. The second-order valence-electron chi connectivity index (χ2n) is 14.8. The summed E-state index contributed by atoms with van der Waals surface area (Å²) >= 11 is 0. The maximum Gasteiger partial charge on any atom is 0.472 e. The lowest BCUT2D eigenvalue weighted by atomic mass is 9.84. The minimum Gasteiger partial charge on any atom is -0.480 e. The molecule has 1 aromatic carbocycles. The minimum absolute atomic E-state index is 0.0163. The van der Waals surface area contributed by atoms with Crippen LogP contribution in [-0.2, 0) is 30.0 Å². The molecule has 59 heavy (non-hydrogen) atoms. The molecule has 5 heterocycles. The molecule has 4 amide bonds. The Morgan fingerprint density at radius 3 is 2.56 bits per heavy atom. The summed E-state index contributed by atoms with van der Waals surface area (Å²) in [5.74, 6) is -5.85. The van der Waals surface area contributed by atoms with Crippen molar-refractivity contribution >= 4 is 43.5 Å². The molecule has 6 rings (SSSR count). The van der Waals surface area contributed by atoms with Crippen LogP contribution in [0.1, 0.15) is 65.6 Å². The molecular weight excluding hydrogens is 811 g/mol. The quantitative estimate of drug-likeness (QED) is 0.184. The summed E-state index contributed by atoms with van der Waals surface area (Å²) in [5, 5.41) is 16.1. The lowest BCUT2D eigenvalue weighted by Gasteiger charge is -2.42. The summed E-state index contributed by atoms with van der Waals surface area (Å²) in [6, 6.07) is 0.539. The number of aromatic nitrogens is 1. The molecule has 2 aromatic rings. The number of oxime groups is 1. The third-order valence-corrected chi connectivity index (χ3v) is 11.1. The number of ether oxygens (including phenoxy) is 2. The van der Waals surface area contributed by atoms with E-state index in [4.69, 9.17) is 24.1 Å². The maximum absolute atomic E-state index is 14.5. The van der Waals surface area contributed by atoms with E-state index in [2.05, 4.69) is 15.0 Å². The highest BCUT2D eigenvalue weighted by molar-refractivity contribution is 7.46. The Balaban J connectivity index is 1.38. The molecule has 2 fully saturated rings. The summed E-state index contributed by atoms with van der Waals surface area (Å²) in [5.41, 5.74) is -2.61. The van der Waals surface area contributed by atoms with Gasteiger partial charge in [0, 0.05) is 69.6 Å². The monoisotopic (exact) mass is 853 g/mol. The van der Waals surface area contributed by atoms with Crippen LogP contribution in [0, 0.1) is 11.6 Å². The number of fused-ring (bicyclic) bond motifs is 5. The molecule has 2 bridgehead atoms. The van der Waals surface area contributed by atoms with Crippen molar-refractivity contribution in [3.8, 4) is 5.75 Å². The predicted molar refractivity (Wildman–Crippen MR) is 196 cm³/mol. The van der Waals surface area contributed by atoms with Crippen molar-refractivity contribution in [1.82, 2.24) is 29.5 Å². The number of piperazine rings is 1. The largest absolute Gasteiger partial charge is 0.480 e. The zero-order valence-electron chi connectivity index (χ0n) is 32.0. The van der Waals surface area contributed by atoms with Gasteiger partial charge in [0.2, 0.25) is 18.0 Å². The number of nitrogens with one attached hydrogen (secondary N) is 1. The fourth-order valence-corrected chi connectivity index (χ4v) is 7.90. The van der Waals surface area contributed by atoms with E-state index >= 15 is 0 Å². The van der Waals surface area contributed by atoms with Crippen LogP contribution >= 0.6 is 7.82 Å². The van der Waals surface area contributed by atoms with Gasteiger partial charge in [-0.1, -0.05) is 11.2 Å². The Hall–Kier alpha value is -5.48. The minimum atomic E-state index is -5.06. The number of carboxylic acid groups (broad SMARTS) is 1. The van der Waals surface area contributed by atoms with Gasteiger partial charge in [0.05, 0.1) is 17.8 Å². The molecule has 1 aromatic heterocycles. The Morgan fingerprint density at radius 1 is 1.15 bits per heavy atom. The molecule has 4 N–H and O–H groups in total. The Labute approximate surface area is 334 Å². The number of halogens is 2. The third kappa shape index (κ3) is 9.38. The van der Waals surface area contributed by atoms with Gasteiger partial charge >= 0.3 is 26.0 Å². The number of likely N-dealkylation sites (N-methyl/N-ethyl adjacent to an activating group) is 1. The number of phosphoric acid groups is 1. The Kier molecular flexibility index (Phi) is 12.4. The maximum atomic E-state index is 14.5. The number of carbonyl (C=O) groups is 5. The van der Waals surface area contributed by atoms with Gasteiger partial charge in [-0.15, -0.1) is 0 Å². The molecular formula is C35H42F2N7O14P. The zero-order valence-corrected chi connectivity index (χ0v) is 32.9. The van der Waals surface area contributed by atoms with E-state index in [1.54, 1.807) is 18.9 Å². The summed E-state index contributed by atoms with van der Waals surface area (Å²) in [6.45, 7) is 0.608. The summed E-state index contributed by atoms with van der Waals surface area (Å²) < 4.78 is 55.2. The molecule has 24 heteroatoms. The number of carbonyl (C=O) groups excluding carboxylic acids is 4. The second kappa shape index (κ2) is 17.0. The van der Waals surface area contributed by atoms with E-state index in [0.717, 1.165) is 23.2 Å². The standard InChI is InChI=1S/C35H42F2N7O14P/c1-19-11-35(58-39-19)7-6-20(2)43-16-26(35)44-15-24(31(48)38-12-21-4-5-22(36)10-25(21)37)29(47)30(28(44)32(43)49)57-34(51)42-9-8-40(3)13-23(42)14-41(17-27(45)46)33(50)55-18-56-59(52,53)54/h4-5,10,15,20,23,26H,6-9,11-14,16-18H2,1-3H3,(H,38,48)(H,45,46)(H2,52,53,54)/t20-,23+,26+,35-/m0/s1. The topological polar surface area (TPSA) is 259 Å². The molecule has 0 aliphatic carbocycles. The molecule has 21 nitrogen and oxygen atoms in total. The van der Waals surface area contributed by atoms with Crippen molar-refractivity contribution in [2.45, 2.75) is 63.4 Å². The van der Waals surface area contributed by atoms with Crippen LogP contribution in [0.25, 0.3) is 0 Å². The number of pyridine rings is 1. The van der Waals surface area contributed by atoms with Gasteiger partial charge in [0.25, 0.3) is 11.8 Å². The van der Waals surface area contributed by atoms with Gasteiger partial charge < -0.3 is 53.8 Å².